The van der Waals surface area contributed by atoms with Crippen molar-refractivity contribution < 1.29 is 29.3 Å². The van der Waals surface area contributed by atoms with E-state index in [-0.39, 0.29) is 30.4 Å². The van der Waals surface area contributed by atoms with Gasteiger partial charge in [0.25, 0.3) is 0 Å². The molecule has 3 unspecified atom stereocenters. The van der Waals surface area contributed by atoms with Gasteiger partial charge in [-0.05, 0) is 27.2 Å². The normalized spacial score (nSPS) is 36.5. The molecule has 3 rings (SSSR count). The fraction of sp³-hybridized carbons (Fsp3) is 0.737. The van der Waals surface area contributed by atoms with Gasteiger partial charge in [-0.1, -0.05) is 22.0 Å². The Morgan fingerprint density at radius 3 is 2.61 bits per heavy atom. The molecule has 3 aliphatic heterocycles. The van der Waals surface area contributed by atoms with E-state index < -0.39 is 47.0 Å². The molecule has 3 saturated heterocycles. The fourth-order valence-corrected chi connectivity index (χ4v) is 5.95. The number of aliphatic hydroxyl groups is 1. The molecular formula is C19H27BrN2O6. The van der Waals surface area contributed by atoms with Crippen LogP contribution in [-0.4, -0.2) is 85.6 Å². The molecule has 0 aromatic rings. The number of hydrogen-bond donors (Lipinski definition) is 2. The highest BCUT2D eigenvalue weighted by atomic mass is 79.9. The Bertz CT molecular complexity index is 707. The number of carbonyl (C=O) groups is 3. The summed E-state index contributed by atoms with van der Waals surface area (Å²) in [6, 6.07) is -0.981. The van der Waals surface area contributed by atoms with Crippen molar-refractivity contribution in [1.29, 1.82) is 0 Å². The summed E-state index contributed by atoms with van der Waals surface area (Å²) in [5, 5.41) is 19.3. The van der Waals surface area contributed by atoms with Crippen LogP contribution >= 0.6 is 15.9 Å². The van der Waals surface area contributed by atoms with E-state index >= 15 is 0 Å². The van der Waals surface area contributed by atoms with Gasteiger partial charge in [0.15, 0.2) is 0 Å². The molecular weight excluding hydrogens is 432 g/mol. The van der Waals surface area contributed by atoms with Crippen molar-refractivity contribution in [2.45, 2.75) is 55.3 Å². The van der Waals surface area contributed by atoms with Crippen LogP contribution in [0, 0.1) is 11.8 Å². The highest BCUT2D eigenvalue weighted by Crippen LogP contribution is 2.60. The predicted molar refractivity (Wildman–Crippen MR) is 104 cm³/mol. The first-order valence-corrected chi connectivity index (χ1v) is 10.3. The summed E-state index contributed by atoms with van der Waals surface area (Å²) < 4.78 is 6.15. The van der Waals surface area contributed by atoms with E-state index in [0.29, 0.717) is 6.42 Å². The second-order valence-electron chi connectivity index (χ2n) is 8.67. The third kappa shape index (κ3) is 2.90. The minimum absolute atomic E-state index is 0.0487. The first kappa shape index (κ1) is 21.3. The number of hydrogen-bond acceptors (Lipinski definition) is 5. The van der Waals surface area contributed by atoms with E-state index in [1.807, 2.05) is 20.8 Å². The number of nitrogens with zero attached hydrogens (tertiary/aromatic N) is 2. The quantitative estimate of drug-likeness (QED) is 0.446. The van der Waals surface area contributed by atoms with Crippen LogP contribution in [0.25, 0.3) is 0 Å². The van der Waals surface area contributed by atoms with Crippen molar-refractivity contribution >= 4 is 33.7 Å². The largest absolute Gasteiger partial charge is 0.481 e. The fourth-order valence-electron chi connectivity index (χ4n) is 5.01. The predicted octanol–water partition coefficient (Wildman–Crippen LogP) is 0.624. The molecule has 9 heteroatoms. The van der Waals surface area contributed by atoms with Gasteiger partial charge in [0.1, 0.15) is 11.6 Å². The number of likely N-dealkylation sites (tertiary alicyclic amines) is 1. The van der Waals surface area contributed by atoms with Crippen LogP contribution in [0.2, 0.25) is 0 Å². The number of rotatable bonds is 6. The summed E-state index contributed by atoms with van der Waals surface area (Å²) in [6.07, 6.45) is 1.31. The number of ether oxygens (including phenoxy) is 1. The zero-order chi connectivity index (χ0) is 21.0. The first-order chi connectivity index (χ1) is 13.0. The van der Waals surface area contributed by atoms with Crippen LogP contribution < -0.4 is 0 Å². The zero-order valence-electron chi connectivity index (χ0n) is 16.3. The van der Waals surface area contributed by atoms with Gasteiger partial charge in [-0.3, -0.25) is 14.4 Å². The van der Waals surface area contributed by atoms with Gasteiger partial charge in [0, 0.05) is 23.5 Å². The highest BCUT2D eigenvalue weighted by Gasteiger charge is 2.77. The van der Waals surface area contributed by atoms with E-state index in [4.69, 9.17) is 4.74 Å². The van der Waals surface area contributed by atoms with Gasteiger partial charge < -0.3 is 24.7 Å². The van der Waals surface area contributed by atoms with Gasteiger partial charge in [0.2, 0.25) is 11.8 Å². The molecule has 3 aliphatic rings. The van der Waals surface area contributed by atoms with Crippen LogP contribution in [0.15, 0.2) is 12.7 Å². The van der Waals surface area contributed by atoms with Crippen molar-refractivity contribution in [3.63, 3.8) is 0 Å². The Labute approximate surface area is 172 Å². The smallest absolute Gasteiger partial charge is 0.310 e. The number of aliphatic carboxylic acids is 1. The van der Waals surface area contributed by atoms with Gasteiger partial charge in [-0.2, -0.15) is 0 Å². The minimum Gasteiger partial charge on any atom is -0.481 e. The Balaban J connectivity index is 2.10. The molecule has 8 nitrogen and oxygen atoms in total. The van der Waals surface area contributed by atoms with Crippen LogP contribution in [0.4, 0.5) is 0 Å². The number of fused-ring (bicyclic) bond motifs is 1. The molecule has 2 N–H and O–H groups in total. The summed E-state index contributed by atoms with van der Waals surface area (Å²) in [7, 11) is 0. The van der Waals surface area contributed by atoms with Crippen LogP contribution in [-0.2, 0) is 19.1 Å². The highest BCUT2D eigenvalue weighted by molar-refractivity contribution is 9.09. The molecule has 2 amide bonds. The summed E-state index contributed by atoms with van der Waals surface area (Å²) in [4.78, 5) is 41.5. The lowest BCUT2D eigenvalue weighted by Gasteiger charge is -2.42. The lowest BCUT2D eigenvalue weighted by Crippen LogP contribution is -2.60. The maximum Gasteiger partial charge on any atom is 0.310 e. The number of carboxylic acids is 1. The Kier molecular flexibility index (Phi) is 5.40. The maximum absolute atomic E-state index is 13.7. The number of halogens is 1. The van der Waals surface area contributed by atoms with Crippen LogP contribution in [0.1, 0.15) is 27.2 Å². The Morgan fingerprint density at radius 2 is 2.11 bits per heavy atom. The van der Waals surface area contributed by atoms with E-state index in [9.17, 15) is 24.6 Å². The average molecular weight is 459 g/mol. The van der Waals surface area contributed by atoms with Gasteiger partial charge in [-0.25, -0.2) is 0 Å². The molecule has 3 fully saturated rings. The molecule has 0 aliphatic carbocycles. The Morgan fingerprint density at radius 1 is 1.46 bits per heavy atom. The lowest BCUT2D eigenvalue weighted by atomic mass is 9.70. The summed E-state index contributed by atoms with van der Waals surface area (Å²) >= 11 is 3.49. The lowest BCUT2D eigenvalue weighted by molar-refractivity contribution is -0.152. The molecule has 1 spiro atoms. The Hall–Kier alpha value is -1.45. The summed E-state index contributed by atoms with van der Waals surface area (Å²) in [5.74, 6) is -3.82. The summed E-state index contributed by atoms with van der Waals surface area (Å²) in [6.45, 7) is 9.29. The monoisotopic (exact) mass is 458 g/mol. The number of β-amino-alcohol motifs (C(OH)–C–C–N with tert-alkyl or cyclic N) is 1. The molecule has 0 aromatic carbocycles. The van der Waals surface area contributed by atoms with E-state index in [2.05, 4.69) is 22.5 Å². The van der Waals surface area contributed by atoms with Gasteiger partial charge >= 0.3 is 5.97 Å². The molecule has 0 aromatic heterocycles. The van der Waals surface area contributed by atoms with Crippen molar-refractivity contribution in [3.05, 3.63) is 12.7 Å². The minimum atomic E-state index is -1.21. The van der Waals surface area contributed by atoms with Gasteiger partial charge in [-0.15, -0.1) is 6.58 Å². The zero-order valence-corrected chi connectivity index (χ0v) is 17.9. The summed E-state index contributed by atoms with van der Waals surface area (Å²) in [5.41, 5.74) is -1.75. The van der Waals surface area contributed by atoms with Crippen molar-refractivity contribution in [2.24, 2.45) is 11.8 Å². The second-order valence-corrected chi connectivity index (χ2v) is 9.84. The molecule has 2 bridgehead atoms. The van der Waals surface area contributed by atoms with E-state index in [1.54, 1.807) is 11.0 Å². The molecule has 6 atom stereocenters. The topological polar surface area (TPSA) is 107 Å². The van der Waals surface area contributed by atoms with Crippen molar-refractivity contribution in [3.8, 4) is 0 Å². The average Bonchev–Trinajstić information content (AvgIpc) is 3.16. The number of aliphatic hydroxyl groups excluding tert-OH is 1. The molecule has 0 saturated carbocycles. The van der Waals surface area contributed by atoms with Gasteiger partial charge in [0.05, 0.1) is 24.5 Å². The molecule has 156 valence electrons. The number of carboxylic acid groups (broad SMARTS) is 1. The first-order valence-electron chi connectivity index (χ1n) is 9.39. The molecule has 0 radical (unpaired) electrons. The number of amides is 2. The maximum atomic E-state index is 13.7. The third-order valence-electron chi connectivity index (χ3n) is 6.04. The molecule has 28 heavy (non-hydrogen) atoms. The third-order valence-corrected chi connectivity index (χ3v) is 6.88. The van der Waals surface area contributed by atoms with Crippen LogP contribution in [0.5, 0.6) is 0 Å². The number of alkyl halides is 1. The SMILES string of the molecule is C=CCN(C(=O)C1N(CCO)C(=O)[C@@H]2[C@@H](C(=O)O)[C@@H]3OC12CC3Br)C(C)(C)C. The van der Waals surface area contributed by atoms with Crippen LogP contribution in [0.3, 0.4) is 0 Å². The van der Waals surface area contributed by atoms with Crippen molar-refractivity contribution in [2.75, 3.05) is 19.7 Å². The molecule has 3 heterocycles. The second kappa shape index (κ2) is 7.11. The number of carbonyl (C=O) groups excluding carboxylic acids is 2. The standard InChI is InChI=1S/C19H27BrN2O6/c1-5-6-22(18(2,3)4)16(25)14-19-9-10(20)13(28-19)11(17(26)27)12(19)15(24)21(14)7-8-23/h5,10-14,23H,1,6-9H2,2-4H3,(H,26,27)/t10?,11-,12+,13-,14?,19?/m1/s1. The van der Waals surface area contributed by atoms with Crippen molar-refractivity contribution in [1.82, 2.24) is 9.80 Å². The van der Waals surface area contributed by atoms with E-state index in [0.717, 1.165) is 0 Å². The van der Waals surface area contributed by atoms with E-state index in [1.165, 1.54) is 4.90 Å².